The van der Waals surface area contributed by atoms with E-state index in [9.17, 15) is 4.79 Å². The first kappa shape index (κ1) is 13.5. The molecule has 3 N–H and O–H groups in total. The van der Waals surface area contributed by atoms with Crippen LogP contribution >= 0.6 is 0 Å². The summed E-state index contributed by atoms with van der Waals surface area (Å²) in [7, 11) is 1.66. The molecule has 1 fully saturated rings. The number of rotatable bonds is 5. The van der Waals surface area contributed by atoms with E-state index in [0.717, 1.165) is 32.1 Å². The summed E-state index contributed by atoms with van der Waals surface area (Å²) >= 11 is 0. The van der Waals surface area contributed by atoms with Gasteiger partial charge in [-0.3, -0.25) is 4.79 Å². The first-order chi connectivity index (χ1) is 7.56. The highest BCUT2D eigenvalue weighted by Crippen LogP contribution is 2.44. The third kappa shape index (κ3) is 2.55. The molecule has 0 aliphatic heterocycles. The van der Waals surface area contributed by atoms with E-state index in [1.807, 2.05) is 6.92 Å². The second-order valence-corrected chi connectivity index (χ2v) is 4.79. The quantitative estimate of drug-likeness (QED) is 0.753. The zero-order chi connectivity index (χ0) is 12.2. The van der Waals surface area contributed by atoms with Gasteiger partial charge in [-0.25, -0.2) is 0 Å². The number of methoxy groups -OCH3 is 1. The lowest BCUT2D eigenvalue weighted by molar-refractivity contribution is -0.146. The zero-order valence-electron chi connectivity index (χ0n) is 10.2. The van der Waals surface area contributed by atoms with Crippen LogP contribution < -0.4 is 5.73 Å². The maximum atomic E-state index is 11.0. The summed E-state index contributed by atoms with van der Waals surface area (Å²) in [6, 6.07) is -0.0890. The van der Waals surface area contributed by atoms with Crippen LogP contribution in [0.15, 0.2) is 0 Å². The van der Waals surface area contributed by atoms with Gasteiger partial charge in [0.05, 0.1) is 12.5 Å². The first-order valence-corrected chi connectivity index (χ1v) is 6.07. The largest absolute Gasteiger partial charge is 0.481 e. The minimum absolute atomic E-state index is 0.00713. The second kappa shape index (κ2) is 5.64. The van der Waals surface area contributed by atoms with Crippen molar-refractivity contribution in [3.8, 4) is 0 Å². The summed E-state index contributed by atoms with van der Waals surface area (Å²) in [6.07, 6.45) is 4.88. The Morgan fingerprint density at radius 1 is 1.62 bits per heavy atom. The fourth-order valence-electron chi connectivity index (χ4n) is 3.03. The Morgan fingerprint density at radius 2 is 2.31 bits per heavy atom. The predicted molar refractivity (Wildman–Crippen MR) is 62.2 cm³/mol. The maximum absolute atomic E-state index is 11.0. The van der Waals surface area contributed by atoms with Gasteiger partial charge in [-0.1, -0.05) is 19.8 Å². The van der Waals surface area contributed by atoms with E-state index >= 15 is 0 Å². The summed E-state index contributed by atoms with van der Waals surface area (Å²) in [5, 5.41) is 9.08. The lowest BCUT2D eigenvalue weighted by Crippen LogP contribution is -2.53. The van der Waals surface area contributed by atoms with Crippen molar-refractivity contribution in [3.63, 3.8) is 0 Å². The van der Waals surface area contributed by atoms with Crippen LogP contribution in [0.3, 0.4) is 0 Å². The third-order valence-electron chi connectivity index (χ3n) is 3.94. The fourth-order valence-corrected chi connectivity index (χ4v) is 3.03. The minimum atomic E-state index is -0.771. The molecule has 94 valence electrons. The van der Waals surface area contributed by atoms with E-state index < -0.39 is 5.97 Å². The number of carboxylic acid groups (broad SMARTS) is 1. The van der Waals surface area contributed by atoms with E-state index in [4.69, 9.17) is 15.6 Å². The van der Waals surface area contributed by atoms with Gasteiger partial charge < -0.3 is 15.6 Å². The zero-order valence-corrected chi connectivity index (χ0v) is 10.2. The molecule has 1 aliphatic carbocycles. The van der Waals surface area contributed by atoms with Gasteiger partial charge in [-0.15, -0.1) is 0 Å². The molecule has 0 heterocycles. The van der Waals surface area contributed by atoms with Crippen molar-refractivity contribution in [3.05, 3.63) is 0 Å². The molecule has 1 rings (SSSR count). The molecular formula is C12H23NO3. The number of carbonyl (C=O) groups is 1. The molecule has 0 radical (unpaired) electrons. The van der Waals surface area contributed by atoms with Crippen molar-refractivity contribution in [2.45, 2.75) is 57.6 Å². The molecule has 4 nitrogen and oxygen atoms in total. The summed E-state index contributed by atoms with van der Waals surface area (Å²) in [5.74, 6) is -0.771. The Morgan fingerprint density at radius 3 is 2.81 bits per heavy atom. The van der Waals surface area contributed by atoms with Gasteiger partial charge >= 0.3 is 5.97 Å². The third-order valence-corrected chi connectivity index (χ3v) is 3.94. The molecule has 0 aromatic carbocycles. The predicted octanol–water partition coefficient (Wildman–Crippen LogP) is 1.77. The molecule has 1 saturated carbocycles. The smallest absolute Gasteiger partial charge is 0.304 e. The average molecular weight is 229 g/mol. The number of hydrogen-bond donors (Lipinski definition) is 2. The molecule has 1 aliphatic rings. The molecule has 16 heavy (non-hydrogen) atoms. The molecule has 4 heteroatoms. The Hall–Kier alpha value is -0.610. The highest BCUT2D eigenvalue weighted by molar-refractivity contribution is 5.68. The van der Waals surface area contributed by atoms with Gasteiger partial charge in [0.15, 0.2) is 0 Å². The SMILES string of the molecule is CCC(N)C1(CC(=O)O)CCCCC1OC. The van der Waals surface area contributed by atoms with Crippen molar-refractivity contribution < 1.29 is 14.6 Å². The summed E-state index contributed by atoms with van der Waals surface area (Å²) in [6.45, 7) is 2.01. The van der Waals surface area contributed by atoms with Crippen LogP contribution in [0.5, 0.6) is 0 Å². The molecule has 0 amide bonds. The van der Waals surface area contributed by atoms with Crippen molar-refractivity contribution >= 4 is 5.97 Å². The van der Waals surface area contributed by atoms with Crippen LogP contribution in [0.4, 0.5) is 0 Å². The van der Waals surface area contributed by atoms with Gasteiger partial charge in [0.25, 0.3) is 0 Å². The fraction of sp³-hybridized carbons (Fsp3) is 0.917. The van der Waals surface area contributed by atoms with E-state index in [-0.39, 0.29) is 24.0 Å². The highest BCUT2D eigenvalue weighted by Gasteiger charge is 2.46. The van der Waals surface area contributed by atoms with E-state index in [0.29, 0.717) is 0 Å². The highest BCUT2D eigenvalue weighted by atomic mass is 16.5. The molecule has 3 atom stereocenters. The molecule has 0 bridgehead atoms. The molecular weight excluding hydrogens is 206 g/mol. The molecule has 0 saturated heterocycles. The maximum Gasteiger partial charge on any atom is 0.304 e. The molecule has 0 spiro atoms. The number of nitrogens with two attached hydrogens (primary N) is 1. The number of ether oxygens (including phenoxy) is 1. The second-order valence-electron chi connectivity index (χ2n) is 4.79. The molecule has 3 unspecified atom stereocenters. The van der Waals surface area contributed by atoms with Gasteiger partial charge in [0.2, 0.25) is 0 Å². The number of aliphatic carboxylic acids is 1. The van der Waals surface area contributed by atoms with E-state index in [2.05, 4.69) is 0 Å². The van der Waals surface area contributed by atoms with Gasteiger partial charge in [-0.2, -0.15) is 0 Å². The lowest BCUT2D eigenvalue weighted by Gasteiger charge is -2.46. The van der Waals surface area contributed by atoms with Crippen LogP contribution in [0, 0.1) is 5.41 Å². The normalized spacial score (nSPS) is 32.3. The van der Waals surface area contributed by atoms with Crippen LogP contribution in [0.2, 0.25) is 0 Å². The van der Waals surface area contributed by atoms with Gasteiger partial charge in [0.1, 0.15) is 0 Å². The Bertz CT molecular complexity index is 244. The van der Waals surface area contributed by atoms with Crippen LogP contribution in [0.1, 0.15) is 45.4 Å². The molecule has 0 aromatic rings. The standard InChI is InChI=1S/C12H23NO3/c1-3-9(13)12(8-11(14)15)7-5-4-6-10(12)16-2/h9-10H,3-8,13H2,1-2H3,(H,14,15). The topological polar surface area (TPSA) is 72.6 Å². The van der Waals surface area contributed by atoms with Crippen molar-refractivity contribution in [1.82, 2.24) is 0 Å². The summed E-state index contributed by atoms with van der Waals surface area (Å²) in [4.78, 5) is 11.0. The van der Waals surface area contributed by atoms with Gasteiger partial charge in [0, 0.05) is 18.6 Å². The van der Waals surface area contributed by atoms with E-state index in [1.165, 1.54) is 0 Å². The molecule has 0 aromatic heterocycles. The number of carboxylic acids is 1. The monoisotopic (exact) mass is 229 g/mol. The van der Waals surface area contributed by atoms with Crippen molar-refractivity contribution in [2.75, 3.05) is 7.11 Å². The minimum Gasteiger partial charge on any atom is -0.481 e. The average Bonchev–Trinajstić information content (AvgIpc) is 2.27. The summed E-state index contributed by atoms with van der Waals surface area (Å²) < 4.78 is 5.49. The van der Waals surface area contributed by atoms with Gasteiger partial charge in [-0.05, 0) is 19.3 Å². The Balaban J connectivity index is 2.93. The van der Waals surface area contributed by atoms with Crippen LogP contribution in [-0.2, 0) is 9.53 Å². The van der Waals surface area contributed by atoms with Crippen LogP contribution in [-0.4, -0.2) is 30.3 Å². The first-order valence-electron chi connectivity index (χ1n) is 6.07. The Kier molecular flexibility index (Phi) is 4.74. The lowest BCUT2D eigenvalue weighted by atomic mass is 9.64. The van der Waals surface area contributed by atoms with E-state index in [1.54, 1.807) is 7.11 Å². The van der Waals surface area contributed by atoms with Crippen molar-refractivity contribution in [2.24, 2.45) is 11.1 Å². The Labute approximate surface area is 97.2 Å². The van der Waals surface area contributed by atoms with Crippen molar-refractivity contribution in [1.29, 1.82) is 0 Å². The number of hydrogen-bond acceptors (Lipinski definition) is 3. The van der Waals surface area contributed by atoms with Crippen LogP contribution in [0.25, 0.3) is 0 Å². The summed E-state index contributed by atoms with van der Waals surface area (Å²) in [5.41, 5.74) is 5.79.